The molecule has 4 fully saturated rings. The topological polar surface area (TPSA) is 90.9 Å². The zero-order valence-electron chi connectivity index (χ0n) is 26.3. The molecule has 7 nitrogen and oxygen atoms in total. The summed E-state index contributed by atoms with van der Waals surface area (Å²) in [5, 5.41) is 18.9. The van der Waals surface area contributed by atoms with Gasteiger partial charge in [-0.1, -0.05) is 65.0 Å². The van der Waals surface area contributed by atoms with Crippen molar-refractivity contribution in [1.29, 1.82) is 0 Å². The summed E-state index contributed by atoms with van der Waals surface area (Å²) in [5.41, 5.74) is 3.91. The van der Waals surface area contributed by atoms with Gasteiger partial charge in [-0.3, -0.25) is 14.4 Å². The van der Waals surface area contributed by atoms with E-state index in [1.54, 1.807) is 12.0 Å². The molecule has 2 bridgehead atoms. The van der Waals surface area contributed by atoms with Crippen molar-refractivity contribution in [2.75, 3.05) is 6.54 Å². The second-order valence-electron chi connectivity index (χ2n) is 14.1. The first-order valence-electron chi connectivity index (χ1n) is 15.8. The minimum absolute atomic E-state index is 0.0579. The molecule has 1 heterocycles. The van der Waals surface area contributed by atoms with Crippen LogP contribution in [0.3, 0.4) is 0 Å². The summed E-state index contributed by atoms with van der Waals surface area (Å²) in [6.07, 6.45) is 1.29. The maximum Gasteiger partial charge on any atom is 0.251 e. The first-order chi connectivity index (χ1) is 19.9. The molecule has 228 valence electrons. The van der Waals surface area contributed by atoms with Crippen molar-refractivity contribution >= 4 is 11.8 Å². The van der Waals surface area contributed by atoms with Gasteiger partial charge in [0.25, 0.3) is 5.91 Å². The van der Waals surface area contributed by atoms with Gasteiger partial charge in [0.15, 0.2) is 0 Å². The van der Waals surface area contributed by atoms with E-state index >= 15 is 0 Å². The molecule has 6 rings (SSSR count). The summed E-state index contributed by atoms with van der Waals surface area (Å²) in [5.74, 6) is 1.61. The van der Waals surface area contributed by atoms with Crippen LogP contribution in [0.5, 0.6) is 0 Å². The number of benzene rings is 2. The van der Waals surface area contributed by atoms with Gasteiger partial charge in [-0.25, -0.2) is 0 Å². The number of carbonyl (C=O) groups excluding carboxylic acids is 2. The standard InChI is InChI=1S/C35H49N3O4/c1-20(2)18-36-33(40)27-13-9-12-26(15-27)25-11-8-10-24(14-25)19-38-32(31(22(4)39)23(5)42-38)34(41)37-30-17-28-16-29(21(30)3)35(28,6)7/h8-15,20-23,28-32,39H,16-19H2,1-7H3,(H,36,40)(H,37,41)/t21-,22-,23-,28+,29-,30-,31+,32-/m0/s1. The molecule has 3 aliphatic carbocycles. The van der Waals surface area contributed by atoms with E-state index in [-0.39, 0.29) is 29.9 Å². The average molecular weight is 576 g/mol. The fraction of sp³-hybridized carbons (Fsp3) is 0.600. The van der Waals surface area contributed by atoms with Crippen LogP contribution in [0.4, 0.5) is 0 Å². The molecule has 2 amide bonds. The van der Waals surface area contributed by atoms with Crippen molar-refractivity contribution in [3.05, 3.63) is 59.7 Å². The maximum absolute atomic E-state index is 13.9. The summed E-state index contributed by atoms with van der Waals surface area (Å²) in [4.78, 5) is 32.8. The second kappa shape index (κ2) is 12.1. The van der Waals surface area contributed by atoms with Gasteiger partial charge in [-0.05, 0) is 90.7 Å². The molecule has 42 heavy (non-hydrogen) atoms. The van der Waals surface area contributed by atoms with Crippen molar-refractivity contribution in [2.45, 2.75) is 92.1 Å². The van der Waals surface area contributed by atoms with Crippen molar-refractivity contribution in [3.8, 4) is 11.1 Å². The molecule has 3 N–H and O–H groups in total. The molecule has 0 aromatic heterocycles. The lowest BCUT2D eigenvalue weighted by molar-refractivity contribution is -0.174. The lowest BCUT2D eigenvalue weighted by atomic mass is 9.45. The second-order valence-corrected chi connectivity index (χ2v) is 14.1. The minimum atomic E-state index is -0.687. The molecular weight excluding hydrogens is 526 g/mol. The van der Waals surface area contributed by atoms with E-state index < -0.39 is 12.1 Å². The predicted octanol–water partition coefficient (Wildman–Crippen LogP) is 5.43. The molecule has 0 radical (unpaired) electrons. The molecule has 1 saturated heterocycles. The van der Waals surface area contributed by atoms with Gasteiger partial charge >= 0.3 is 0 Å². The Morgan fingerprint density at radius 2 is 1.74 bits per heavy atom. The fourth-order valence-corrected chi connectivity index (χ4v) is 7.77. The number of amides is 2. The number of hydroxylamine groups is 2. The first kappa shape index (κ1) is 30.7. The summed E-state index contributed by atoms with van der Waals surface area (Å²) >= 11 is 0. The Labute approximate surface area is 251 Å². The number of hydrogen-bond donors (Lipinski definition) is 3. The van der Waals surface area contributed by atoms with Gasteiger partial charge in [0.1, 0.15) is 6.04 Å². The summed E-state index contributed by atoms with van der Waals surface area (Å²) in [7, 11) is 0. The molecule has 8 atom stereocenters. The van der Waals surface area contributed by atoms with Gasteiger partial charge in [-0.2, -0.15) is 5.06 Å². The molecule has 0 unspecified atom stereocenters. The summed E-state index contributed by atoms with van der Waals surface area (Å²) in [6, 6.07) is 15.4. The fourth-order valence-electron chi connectivity index (χ4n) is 7.77. The van der Waals surface area contributed by atoms with E-state index in [1.165, 1.54) is 6.42 Å². The van der Waals surface area contributed by atoms with E-state index in [2.05, 4.69) is 51.3 Å². The zero-order chi connectivity index (χ0) is 30.3. The third kappa shape index (κ3) is 6.01. The number of carbonyl (C=O) groups is 2. The monoisotopic (exact) mass is 575 g/mol. The van der Waals surface area contributed by atoms with Gasteiger partial charge < -0.3 is 15.7 Å². The Morgan fingerprint density at radius 1 is 1.05 bits per heavy atom. The summed E-state index contributed by atoms with van der Waals surface area (Å²) in [6.45, 7) is 15.9. The van der Waals surface area contributed by atoms with Crippen LogP contribution < -0.4 is 10.6 Å². The predicted molar refractivity (Wildman–Crippen MR) is 165 cm³/mol. The van der Waals surface area contributed by atoms with Gasteiger partial charge in [0.2, 0.25) is 5.91 Å². The highest BCUT2D eigenvalue weighted by molar-refractivity contribution is 5.95. The Kier molecular flexibility index (Phi) is 8.85. The van der Waals surface area contributed by atoms with Crippen LogP contribution in [0.2, 0.25) is 0 Å². The number of rotatable bonds is 9. The van der Waals surface area contributed by atoms with Gasteiger partial charge in [0, 0.05) is 24.1 Å². The molecule has 1 aliphatic heterocycles. The van der Waals surface area contributed by atoms with Crippen LogP contribution in [0, 0.1) is 35.0 Å². The largest absolute Gasteiger partial charge is 0.393 e. The lowest BCUT2D eigenvalue weighted by Crippen LogP contribution is -2.62. The van der Waals surface area contributed by atoms with E-state index in [9.17, 15) is 14.7 Å². The Balaban J connectivity index is 1.32. The van der Waals surface area contributed by atoms with Crippen molar-refractivity contribution in [2.24, 2.45) is 35.0 Å². The minimum Gasteiger partial charge on any atom is -0.393 e. The van der Waals surface area contributed by atoms with Crippen LogP contribution in [-0.4, -0.2) is 52.8 Å². The Morgan fingerprint density at radius 3 is 2.38 bits per heavy atom. The Hall–Kier alpha value is -2.74. The number of nitrogens with one attached hydrogen (secondary N) is 2. The number of fused-ring (bicyclic) bond motifs is 2. The molecule has 7 heteroatoms. The highest BCUT2D eigenvalue weighted by Crippen LogP contribution is 2.61. The lowest BCUT2D eigenvalue weighted by Gasteiger charge is -2.62. The SMILES string of the molecule is CC(C)CNC(=O)c1cccc(-c2cccc(CN3O[C@@H](C)[C@@H]([C@H](C)O)[C@H]3C(=O)N[C@H]3C[C@H]4C[C@@H]([C@@H]3C)C4(C)C)c2)c1. The summed E-state index contributed by atoms with van der Waals surface area (Å²) < 4.78 is 0. The average Bonchev–Trinajstić information content (AvgIpc) is 3.28. The number of nitrogens with zero attached hydrogens (tertiary/aromatic N) is 1. The van der Waals surface area contributed by atoms with Crippen molar-refractivity contribution < 1.29 is 19.5 Å². The van der Waals surface area contributed by atoms with Crippen molar-refractivity contribution in [3.63, 3.8) is 0 Å². The maximum atomic E-state index is 13.9. The van der Waals surface area contributed by atoms with E-state index in [1.807, 2.05) is 49.4 Å². The molecule has 0 spiro atoms. The number of aliphatic hydroxyl groups excluding tert-OH is 1. The third-order valence-electron chi connectivity index (χ3n) is 10.4. The quantitative estimate of drug-likeness (QED) is 0.371. The van der Waals surface area contributed by atoms with Gasteiger partial charge in [0.05, 0.1) is 18.8 Å². The zero-order valence-corrected chi connectivity index (χ0v) is 26.3. The highest BCUT2D eigenvalue weighted by atomic mass is 16.7. The van der Waals surface area contributed by atoms with Crippen LogP contribution in [0.1, 0.15) is 77.2 Å². The van der Waals surface area contributed by atoms with Crippen LogP contribution in [0.25, 0.3) is 11.1 Å². The Bertz CT molecular complexity index is 1290. The molecular formula is C35H49N3O4. The number of aliphatic hydroxyl groups is 1. The smallest absolute Gasteiger partial charge is 0.251 e. The van der Waals surface area contributed by atoms with Crippen LogP contribution in [0.15, 0.2) is 48.5 Å². The number of hydrogen-bond acceptors (Lipinski definition) is 5. The molecule has 3 saturated carbocycles. The van der Waals surface area contributed by atoms with Gasteiger partial charge in [-0.15, -0.1) is 0 Å². The van der Waals surface area contributed by atoms with E-state index in [0.29, 0.717) is 47.7 Å². The third-order valence-corrected chi connectivity index (χ3v) is 10.4. The van der Waals surface area contributed by atoms with E-state index in [0.717, 1.165) is 23.1 Å². The highest BCUT2D eigenvalue weighted by Gasteiger charge is 2.57. The van der Waals surface area contributed by atoms with E-state index in [4.69, 9.17) is 4.84 Å². The van der Waals surface area contributed by atoms with Crippen LogP contribution in [-0.2, 0) is 16.2 Å². The van der Waals surface area contributed by atoms with Crippen LogP contribution >= 0.6 is 0 Å². The van der Waals surface area contributed by atoms with Crippen molar-refractivity contribution in [1.82, 2.24) is 15.7 Å². The first-order valence-corrected chi connectivity index (χ1v) is 15.8. The molecule has 4 aliphatic rings. The normalized spacial score (nSPS) is 30.9. The molecule has 2 aromatic rings. The molecule has 2 aromatic carbocycles.